The van der Waals surface area contributed by atoms with Crippen molar-refractivity contribution in [1.29, 1.82) is 0 Å². The zero-order chi connectivity index (χ0) is 17.4. The number of amides is 2. The lowest BCUT2D eigenvalue weighted by molar-refractivity contribution is -0.129. The Morgan fingerprint density at radius 2 is 1.91 bits per heavy atom. The maximum atomic E-state index is 12.1. The molecule has 23 heavy (non-hydrogen) atoms. The van der Waals surface area contributed by atoms with Crippen molar-refractivity contribution >= 4 is 17.5 Å². The smallest absolute Gasteiger partial charge is 0.226 e. The topological polar surface area (TPSA) is 67.9 Å². The third kappa shape index (κ3) is 6.18. The Labute approximate surface area is 137 Å². The molecule has 0 unspecified atom stereocenters. The predicted octanol–water partition coefficient (Wildman–Crippen LogP) is 2.54. The number of hydrogen-bond donors (Lipinski definition) is 1. The van der Waals surface area contributed by atoms with Crippen LogP contribution in [0.2, 0.25) is 0 Å². The van der Waals surface area contributed by atoms with Gasteiger partial charge in [0.25, 0.3) is 0 Å². The molecule has 0 fully saturated rings. The zero-order valence-corrected chi connectivity index (χ0v) is 14.5. The van der Waals surface area contributed by atoms with Gasteiger partial charge < -0.3 is 19.7 Å². The van der Waals surface area contributed by atoms with E-state index in [1.807, 2.05) is 13.8 Å². The first kappa shape index (κ1) is 18.8. The van der Waals surface area contributed by atoms with E-state index >= 15 is 0 Å². The van der Waals surface area contributed by atoms with E-state index in [1.54, 1.807) is 30.2 Å². The molecular weight excluding hydrogens is 296 g/mol. The van der Waals surface area contributed by atoms with Crippen molar-refractivity contribution < 1.29 is 19.1 Å². The van der Waals surface area contributed by atoms with E-state index in [-0.39, 0.29) is 18.2 Å². The van der Waals surface area contributed by atoms with E-state index in [9.17, 15) is 9.59 Å². The second kappa shape index (κ2) is 9.02. The van der Waals surface area contributed by atoms with E-state index in [2.05, 4.69) is 5.32 Å². The van der Waals surface area contributed by atoms with Gasteiger partial charge in [0.1, 0.15) is 11.5 Å². The molecule has 2 amide bonds. The largest absolute Gasteiger partial charge is 0.497 e. The Bertz CT molecular complexity index is 543. The third-order valence-electron chi connectivity index (χ3n) is 3.32. The van der Waals surface area contributed by atoms with Gasteiger partial charge in [-0.25, -0.2) is 0 Å². The number of benzene rings is 1. The van der Waals surface area contributed by atoms with Gasteiger partial charge in [0, 0.05) is 32.5 Å². The van der Waals surface area contributed by atoms with Gasteiger partial charge in [-0.1, -0.05) is 13.8 Å². The fraction of sp³-hybridized carbons (Fsp3) is 0.529. The van der Waals surface area contributed by atoms with Crippen LogP contribution in [0, 0.1) is 5.92 Å². The SMILES string of the molecule is COc1ccc(OC)c(NC(=O)CCN(CC(C)C)C(C)=O)c1. The Morgan fingerprint density at radius 1 is 1.22 bits per heavy atom. The minimum atomic E-state index is -0.174. The van der Waals surface area contributed by atoms with Gasteiger partial charge in [-0.2, -0.15) is 0 Å². The molecule has 128 valence electrons. The van der Waals surface area contributed by atoms with Crippen molar-refractivity contribution in [3.63, 3.8) is 0 Å². The van der Waals surface area contributed by atoms with Gasteiger partial charge >= 0.3 is 0 Å². The fourth-order valence-corrected chi connectivity index (χ4v) is 2.18. The number of carbonyl (C=O) groups excluding carboxylic acids is 2. The van der Waals surface area contributed by atoms with Gasteiger partial charge in [-0.15, -0.1) is 0 Å². The highest BCUT2D eigenvalue weighted by Gasteiger charge is 2.14. The second-order valence-electron chi connectivity index (χ2n) is 5.72. The van der Waals surface area contributed by atoms with Crippen LogP contribution in [0.3, 0.4) is 0 Å². The number of anilines is 1. The zero-order valence-electron chi connectivity index (χ0n) is 14.5. The van der Waals surface area contributed by atoms with Gasteiger partial charge in [0.15, 0.2) is 0 Å². The molecule has 0 heterocycles. The van der Waals surface area contributed by atoms with Crippen LogP contribution >= 0.6 is 0 Å². The van der Waals surface area contributed by atoms with Crippen LogP contribution in [0.4, 0.5) is 5.69 Å². The molecule has 0 aliphatic heterocycles. The molecule has 0 aromatic heterocycles. The molecule has 1 N–H and O–H groups in total. The summed E-state index contributed by atoms with van der Waals surface area (Å²) in [6.45, 7) is 6.64. The standard InChI is InChI=1S/C17H26N2O4/c1-12(2)11-19(13(3)20)9-8-17(21)18-15-10-14(22-4)6-7-16(15)23-5/h6-7,10,12H,8-9,11H2,1-5H3,(H,18,21). The normalized spacial score (nSPS) is 10.3. The molecule has 0 aliphatic rings. The minimum absolute atomic E-state index is 0.0227. The lowest BCUT2D eigenvalue weighted by atomic mass is 10.2. The number of nitrogens with one attached hydrogen (secondary N) is 1. The summed E-state index contributed by atoms with van der Waals surface area (Å²) in [5.41, 5.74) is 0.551. The monoisotopic (exact) mass is 322 g/mol. The van der Waals surface area contributed by atoms with E-state index in [0.717, 1.165) is 0 Å². The highest BCUT2D eigenvalue weighted by molar-refractivity contribution is 5.92. The molecule has 0 atom stereocenters. The lowest BCUT2D eigenvalue weighted by Crippen LogP contribution is -2.34. The Hall–Kier alpha value is -2.24. The Kier molecular flexibility index (Phi) is 7.38. The molecule has 0 aliphatic carbocycles. The molecule has 0 spiro atoms. The van der Waals surface area contributed by atoms with Crippen molar-refractivity contribution in [2.45, 2.75) is 27.2 Å². The fourth-order valence-electron chi connectivity index (χ4n) is 2.18. The Morgan fingerprint density at radius 3 is 2.43 bits per heavy atom. The van der Waals surface area contributed by atoms with Gasteiger partial charge in [0.05, 0.1) is 19.9 Å². The van der Waals surface area contributed by atoms with Crippen LogP contribution in [-0.2, 0) is 9.59 Å². The molecule has 6 nitrogen and oxygen atoms in total. The summed E-state index contributed by atoms with van der Waals surface area (Å²) < 4.78 is 10.4. The van der Waals surface area contributed by atoms with Crippen molar-refractivity contribution in [3.05, 3.63) is 18.2 Å². The molecule has 1 aromatic rings. The minimum Gasteiger partial charge on any atom is -0.497 e. The maximum Gasteiger partial charge on any atom is 0.226 e. The van der Waals surface area contributed by atoms with Crippen molar-refractivity contribution in [2.75, 3.05) is 32.6 Å². The van der Waals surface area contributed by atoms with E-state index in [0.29, 0.717) is 36.2 Å². The van der Waals surface area contributed by atoms with E-state index < -0.39 is 0 Å². The van der Waals surface area contributed by atoms with Crippen molar-refractivity contribution in [2.24, 2.45) is 5.92 Å². The summed E-state index contributed by atoms with van der Waals surface area (Å²) in [4.78, 5) is 25.4. The summed E-state index contributed by atoms with van der Waals surface area (Å²) in [6.07, 6.45) is 0.229. The summed E-state index contributed by atoms with van der Waals surface area (Å²) >= 11 is 0. The molecule has 1 aromatic carbocycles. The van der Waals surface area contributed by atoms with E-state index in [4.69, 9.17) is 9.47 Å². The summed E-state index contributed by atoms with van der Waals surface area (Å²) in [7, 11) is 3.10. The lowest BCUT2D eigenvalue weighted by Gasteiger charge is -2.22. The van der Waals surface area contributed by atoms with Gasteiger partial charge in [0.2, 0.25) is 11.8 Å². The van der Waals surface area contributed by atoms with Crippen LogP contribution in [0.5, 0.6) is 11.5 Å². The Balaban J connectivity index is 2.67. The quantitative estimate of drug-likeness (QED) is 0.798. The number of carbonyl (C=O) groups is 2. The van der Waals surface area contributed by atoms with Gasteiger partial charge in [-0.05, 0) is 18.1 Å². The van der Waals surface area contributed by atoms with Crippen molar-refractivity contribution in [3.8, 4) is 11.5 Å². The molecular formula is C17H26N2O4. The number of rotatable bonds is 8. The molecule has 0 saturated carbocycles. The first-order valence-electron chi connectivity index (χ1n) is 7.64. The molecule has 6 heteroatoms. The summed E-state index contributed by atoms with van der Waals surface area (Å²) in [5.74, 6) is 1.36. The average molecular weight is 322 g/mol. The van der Waals surface area contributed by atoms with Crippen LogP contribution < -0.4 is 14.8 Å². The number of nitrogens with zero attached hydrogens (tertiary/aromatic N) is 1. The molecule has 0 saturated heterocycles. The molecule has 0 bridgehead atoms. The van der Waals surface area contributed by atoms with Gasteiger partial charge in [-0.3, -0.25) is 9.59 Å². The summed E-state index contributed by atoms with van der Waals surface area (Å²) in [5, 5.41) is 2.80. The van der Waals surface area contributed by atoms with Crippen molar-refractivity contribution in [1.82, 2.24) is 4.90 Å². The summed E-state index contributed by atoms with van der Waals surface area (Å²) in [6, 6.07) is 5.19. The molecule has 1 rings (SSSR count). The second-order valence-corrected chi connectivity index (χ2v) is 5.72. The first-order valence-corrected chi connectivity index (χ1v) is 7.64. The van der Waals surface area contributed by atoms with E-state index in [1.165, 1.54) is 14.0 Å². The van der Waals surface area contributed by atoms with Crippen LogP contribution in [0.25, 0.3) is 0 Å². The van der Waals surface area contributed by atoms with Crippen LogP contribution in [0.1, 0.15) is 27.2 Å². The number of hydrogen-bond acceptors (Lipinski definition) is 4. The van der Waals surface area contributed by atoms with Crippen LogP contribution in [-0.4, -0.2) is 44.0 Å². The maximum absolute atomic E-state index is 12.1. The first-order chi connectivity index (χ1) is 10.9. The highest BCUT2D eigenvalue weighted by atomic mass is 16.5. The average Bonchev–Trinajstić information content (AvgIpc) is 2.50. The molecule has 0 radical (unpaired) electrons. The number of ether oxygens (including phenoxy) is 2. The predicted molar refractivity (Wildman–Crippen MR) is 89.9 cm³/mol. The third-order valence-corrected chi connectivity index (χ3v) is 3.32. The number of methoxy groups -OCH3 is 2. The van der Waals surface area contributed by atoms with Crippen LogP contribution in [0.15, 0.2) is 18.2 Å². The highest BCUT2D eigenvalue weighted by Crippen LogP contribution is 2.28.